The van der Waals surface area contributed by atoms with Crippen LogP contribution in [0.4, 0.5) is 0 Å². The van der Waals surface area contributed by atoms with Gasteiger partial charge in [0.15, 0.2) is 0 Å². The Kier molecular flexibility index (Phi) is 13.5. The molecule has 7 heteroatoms. The molecule has 0 radical (unpaired) electrons. The maximum Gasteiger partial charge on any atom is 1.00 e. The third-order valence-electron chi connectivity index (χ3n) is 0.521. The van der Waals surface area contributed by atoms with Gasteiger partial charge in [-0.2, -0.15) is 0 Å². The summed E-state index contributed by atoms with van der Waals surface area (Å²) in [5.41, 5.74) is 0. The van der Waals surface area contributed by atoms with Crippen molar-refractivity contribution in [3.05, 3.63) is 0 Å². The fraction of sp³-hybridized carbons (Fsp3) is 1.00. The van der Waals surface area contributed by atoms with Gasteiger partial charge >= 0.3 is 37.7 Å². The molecule has 0 aliphatic heterocycles. The predicted octanol–water partition coefficient (Wildman–Crippen LogP) is -6.37. The molecule has 9 heavy (non-hydrogen) atoms. The number of rotatable bonds is 1. The van der Waals surface area contributed by atoms with Gasteiger partial charge in [-0.05, 0) is 6.92 Å². The first-order valence-electron chi connectivity index (χ1n) is 1.72. The van der Waals surface area contributed by atoms with E-state index in [1.54, 1.807) is 8.93 Å². The van der Waals surface area contributed by atoms with Crippen molar-refractivity contribution in [2.24, 2.45) is 0 Å². The molecule has 0 spiro atoms. The van der Waals surface area contributed by atoms with Crippen molar-refractivity contribution < 1.29 is 47.5 Å². The van der Waals surface area contributed by atoms with E-state index >= 15 is 0 Å². The molecular formula is C2H7Li2O2P2S+. The Morgan fingerprint density at radius 1 is 1.44 bits per heavy atom. The van der Waals surface area contributed by atoms with Crippen molar-refractivity contribution in [1.29, 1.82) is 0 Å². The second kappa shape index (κ2) is 7.00. The molecule has 0 aromatic rings. The van der Waals surface area contributed by atoms with Gasteiger partial charge in [-0.3, -0.25) is 0 Å². The van der Waals surface area contributed by atoms with Crippen LogP contribution in [0.25, 0.3) is 0 Å². The van der Waals surface area contributed by atoms with Crippen LogP contribution in [0.3, 0.4) is 0 Å². The minimum Gasteiger partial charge on any atom is -0.681 e. The maximum absolute atomic E-state index is 10.2. The van der Waals surface area contributed by atoms with E-state index in [1.165, 1.54) is 6.92 Å². The Labute approximate surface area is 87.9 Å². The Morgan fingerprint density at radius 3 is 1.56 bits per heavy atom. The largest absolute Gasteiger partial charge is 1.00 e. The molecular weight excluding hydrogens is 164 g/mol. The number of hydrogen-bond donors (Lipinski definition) is 1. The quantitative estimate of drug-likeness (QED) is 0.242. The zero-order valence-electron chi connectivity index (χ0n) is 5.87. The molecule has 0 aliphatic carbocycles. The standard InChI is InChI=1S/C2H8O2P2S.2Li/c1-2(7)6(3,4)5;;/h2,7H,5H2,1H3,(H,3,4);;/q;2*+1/p-1. The molecule has 44 valence electrons. The minimum atomic E-state index is -3.21. The summed E-state index contributed by atoms with van der Waals surface area (Å²) >= 11 is 3.68. The fourth-order valence-corrected chi connectivity index (χ4v) is 0. The first-order chi connectivity index (χ1) is 2.94. The van der Waals surface area contributed by atoms with Gasteiger partial charge in [-0.15, -0.1) is 12.6 Å². The second-order valence-electron chi connectivity index (χ2n) is 1.28. The fourth-order valence-electron chi connectivity index (χ4n) is 0. The van der Waals surface area contributed by atoms with Crippen molar-refractivity contribution in [3.8, 4) is 0 Å². The maximum atomic E-state index is 10.2. The van der Waals surface area contributed by atoms with Gasteiger partial charge in [-0.1, -0.05) is 7.40 Å². The Balaban J connectivity index is -0.000000180. The SMILES string of the molecule is CC(S)[P+]([O-])([O-])P.[Li+].[Li+]. The number of thiol groups is 1. The van der Waals surface area contributed by atoms with E-state index in [9.17, 15) is 9.79 Å². The van der Waals surface area contributed by atoms with Crippen LogP contribution in [0.1, 0.15) is 6.92 Å². The smallest absolute Gasteiger partial charge is 0.681 e. The van der Waals surface area contributed by atoms with Gasteiger partial charge < -0.3 is 9.79 Å². The van der Waals surface area contributed by atoms with Crippen LogP contribution in [-0.4, -0.2) is 4.99 Å². The van der Waals surface area contributed by atoms with Crippen molar-refractivity contribution >= 4 is 29.0 Å². The molecule has 0 N–H and O–H groups in total. The molecule has 0 bridgehead atoms. The molecule has 0 heterocycles. The number of hydrogen-bond acceptors (Lipinski definition) is 3. The molecule has 0 rings (SSSR count). The third-order valence-corrected chi connectivity index (χ3v) is 4.62. The summed E-state index contributed by atoms with van der Waals surface area (Å²) in [4.78, 5) is 19.9. The third kappa shape index (κ3) is 10.3. The molecule has 2 unspecified atom stereocenters. The summed E-state index contributed by atoms with van der Waals surface area (Å²) in [6.07, 6.45) is 0. The molecule has 0 saturated heterocycles. The predicted molar refractivity (Wildman–Crippen MR) is 35.1 cm³/mol. The average Bonchev–Trinajstić information content (AvgIpc) is 1.31. The summed E-state index contributed by atoms with van der Waals surface area (Å²) in [5.74, 6) is 0. The summed E-state index contributed by atoms with van der Waals surface area (Å²) in [7, 11) is -1.45. The van der Waals surface area contributed by atoms with Crippen LogP contribution in [0, 0.1) is 0 Å². The average molecular weight is 171 g/mol. The van der Waals surface area contributed by atoms with Crippen LogP contribution in [0.5, 0.6) is 0 Å². The summed E-state index contributed by atoms with van der Waals surface area (Å²) in [5, 5.41) is 0. The molecule has 0 aliphatic rings. The van der Waals surface area contributed by atoms with E-state index in [0.717, 1.165) is 0 Å². The zero-order valence-corrected chi connectivity index (χ0v) is 8.81. The Morgan fingerprint density at radius 2 is 1.56 bits per heavy atom. The second-order valence-corrected chi connectivity index (χ2v) is 6.68. The topological polar surface area (TPSA) is 46.1 Å². The van der Waals surface area contributed by atoms with Gasteiger partial charge in [-0.25, -0.2) is 0 Å². The minimum absolute atomic E-state index is 0. The Bertz CT molecular complexity index is 66.1. The van der Waals surface area contributed by atoms with Crippen LogP contribution < -0.4 is 47.5 Å². The van der Waals surface area contributed by atoms with E-state index in [1.807, 2.05) is 0 Å². The normalized spacial score (nSPS) is 13.0. The van der Waals surface area contributed by atoms with Gasteiger partial charge in [0.25, 0.3) is 0 Å². The monoisotopic (exact) mass is 171 g/mol. The molecule has 0 amide bonds. The molecule has 0 saturated carbocycles. The van der Waals surface area contributed by atoms with Crippen molar-refractivity contribution in [1.82, 2.24) is 0 Å². The summed E-state index contributed by atoms with van der Waals surface area (Å²) < 4.78 is 0. The molecule has 0 fully saturated rings. The molecule has 2 nitrogen and oxygen atoms in total. The van der Waals surface area contributed by atoms with E-state index in [-0.39, 0.29) is 37.7 Å². The van der Waals surface area contributed by atoms with E-state index in [4.69, 9.17) is 0 Å². The van der Waals surface area contributed by atoms with Crippen molar-refractivity contribution in [2.75, 3.05) is 0 Å². The van der Waals surface area contributed by atoms with Gasteiger partial charge in [0.2, 0.25) is 0 Å². The van der Waals surface area contributed by atoms with E-state index in [2.05, 4.69) is 12.6 Å². The van der Waals surface area contributed by atoms with E-state index in [0.29, 0.717) is 0 Å². The van der Waals surface area contributed by atoms with Crippen LogP contribution >= 0.6 is 29.0 Å². The van der Waals surface area contributed by atoms with Crippen LogP contribution in [0.15, 0.2) is 0 Å². The molecule has 2 atom stereocenters. The molecule has 0 aromatic heterocycles. The van der Waals surface area contributed by atoms with Crippen molar-refractivity contribution in [3.63, 3.8) is 0 Å². The van der Waals surface area contributed by atoms with Gasteiger partial charge in [0.1, 0.15) is 0 Å². The first kappa shape index (κ1) is 17.4. The van der Waals surface area contributed by atoms with Gasteiger partial charge in [0, 0.05) is 8.93 Å². The Hall–Kier alpha value is 2.32. The van der Waals surface area contributed by atoms with Crippen LogP contribution in [0.2, 0.25) is 0 Å². The van der Waals surface area contributed by atoms with Gasteiger partial charge in [0.05, 0.1) is 4.99 Å². The summed E-state index contributed by atoms with van der Waals surface area (Å²) in [6.45, 7) is 1.52. The first-order valence-corrected chi connectivity index (χ1v) is 5.55. The summed E-state index contributed by atoms with van der Waals surface area (Å²) in [6, 6.07) is 0. The molecule has 0 aromatic carbocycles. The van der Waals surface area contributed by atoms with Crippen molar-refractivity contribution in [2.45, 2.75) is 11.9 Å². The zero-order chi connectivity index (χ0) is 6.08. The van der Waals surface area contributed by atoms with E-state index < -0.39 is 12.4 Å². The van der Waals surface area contributed by atoms with Crippen LogP contribution in [-0.2, 0) is 0 Å².